The maximum Gasteiger partial charge on any atom is 0.330 e. The van der Waals surface area contributed by atoms with Crippen molar-refractivity contribution in [3.8, 4) is 0 Å². The molecule has 0 aliphatic heterocycles. The molecule has 7 heteroatoms. The number of rotatable bonds is 7. The van der Waals surface area contributed by atoms with Gasteiger partial charge in [0.15, 0.2) is 4.34 Å². The first kappa shape index (κ1) is 15.9. The van der Waals surface area contributed by atoms with Crippen molar-refractivity contribution >= 4 is 29.1 Å². The van der Waals surface area contributed by atoms with Crippen molar-refractivity contribution in [3.05, 3.63) is 41.4 Å². The number of ether oxygens (including phenoxy) is 1. The van der Waals surface area contributed by atoms with Crippen LogP contribution in [0.2, 0.25) is 0 Å². The third-order valence-electron chi connectivity index (χ3n) is 3.27. The summed E-state index contributed by atoms with van der Waals surface area (Å²) < 4.78 is 5.91. The predicted molar refractivity (Wildman–Crippen MR) is 84.4 cm³/mol. The topological polar surface area (TPSA) is 64.1 Å². The molecule has 1 aromatic heterocycles. The average Bonchev–Trinajstić information content (AvgIpc) is 3.05. The molecule has 0 saturated carbocycles. The van der Waals surface area contributed by atoms with Gasteiger partial charge in [-0.3, -0.25) is 0 Å². The Hall–Kier alpha value is -1.44. The van der Waals surface area contributed by atoms with E-state index >= 15 is 0 Å². The molecule has 1 atom stereocenters. The van der Waals surface area contributed by atoms with Crippen molar-refractivity contribution in [2.75, 3.05) is 19.9 Å². The number of hydrogen-bond donors (Lipinski definition) is 1. The molecule has 2 aromatic rings. The van der Waals surface area contributed by atoms with Gasteiger partial charge in [-0.05, 0) is 19.0 Å². The van der Waals surface area contributed by atoms with Crippen molar-refractivity contribution in [1.82, 2.24) is 15.5 Å². The lowest BCUT2D eigenvalue weighted by Gasteiger charge is -2.31. The number of hydrogen-bond acceptors (Lipinski definition) is 7. The lowest BCUT2D eigenvalue weighted by Crippen LogP contribution is -2.48. The van der Waals surface area contributed by atoms with Crippen LogP contribution in [-0.2, 0) is 15.1 Å². The van der Waals surface area contributed by atoms with Crippen molar-refractivity contribution in [2.45, 2.75) is 16.3 Å². The van der Waals surface area contributed by atoms with Crippen LogP contribution in [0.1, 0.15) is 12.0 Å². The number of carbonyl (C=O) groups excluding carboxylic acids is 1. The second kappa shape index (κ2) is 7.53. The fourth-order valence-corrected chi connectivity index (χ4v) is 3.77. The van der Waals surface area contributed by atoms with Gasteiger partial charge in [-0.15, -0.1) is 10.2 Å². The smallest absolute Gasteiger partial charge is 0.330 e. The molecule has 2 rings (SSSR count). The molecule has 5 nitrogen and oxygen atoms in total. The summed E-state index contributed by atoms with van der Waals surface area (Å²) in [4.78, 5) is 12.3. The molecule has 1 aromatic carbocycles. The molecule has 21 heavy (non-hydrogen) atoms. The first-order valence-corrected chi connectivity index (χ1v) is 8.31. The summed E-state index contributed by atoms with van der Waals surface area (Å²) in [6.07, 6.45) is 0.602. The second-order valence-corrected chi connectivity index (χ2v) is 6.49. The summed E-state index contributed by atoms with van der Waals surface area (Å²) >= 11 is 3.08. The van der Waals surface area contributed by atoms with Crippen LogP contribution in [-0.4, -0.2) is 36.1 Å². The van der Waals surface area contributed by atoms with Gasteiger partial charge in [-0.2, -0.15) is 0 Å². The van der Waals surface area contributed by atoms with Gasteiger partial charge in [0.1, 0.15) is 11.0 Å². The van der Waals surface area contributed by atoms with Gasteiger partial charge < -0.3 is 10.1 Å². The fraction of sp³-hybridized carbons (Fsp3) is 0.357. The first-order valence-electron chi connectivity index (χ1n) is 6.45. The largest absolute Gasteiger partial charge is 0.467 e. The Morgan fingerprint density at radius 3 is 2.76 bits per heavy atom. The number of carbonyl (C=O) groups is 1. The summed E-state index contributed by atoms with van der Waals surface area (Å²) in [5, 5.41) is 10.9. The number of likely N-dealkylation sites (N-methyl/N-ethyl adjacent to an activating group) is 1. The number of aromatic nitrogens is 2. The lowest BCUT2D eigenvalue weighted by atomic mass is 9.87. The van der Waals surface area contributed by atoms with Crippen LogP contribution in [0.4, 0.5) is 0 Å². The Balaban J connectivity index is 2.17. The molecular formula is C14H17N3O2S2. The van der Waals surface area contributed by atoms with Crippen LogP contribution in [0.25, 0.3) is 0 Å². The Morgan fingerprint density at radius 1 is 1.43 bits per heavy atom. The summed E-state index contributed by atoms with van der Waals surface area (Å²) in [6, 6.07) is 9.63. The van der Waals surface area contributed by atoms with Gasteiger partial charge in [0.25, 0.3) is 0 Å². The van der Waals surface area contributed by atoms with Crippen LogP contribution in [0.5, 0.6) is 0 Å². The molecule has 0 amide bonds. The summed E-state index contributed by atoms with van der Waals surface area (Å²) in [7, 11) is 3.19. The summed E-state index contributed by atoms with van der Waals surface area (Å²) in [5.74, 6) is 0.453. The Kier molecular flexibility index (Phi) is 5.72. The van der Waals surface area contributed by atoms with Crippen LogP contribution >= 0.6 is 23.1 Å². The SMILES string of the molecule is CNC(CCSc1nncs1)(C(=O)OC)c1ccccc1. The summed E-state index contributed by atoms with van der Waals surface area (Å²) in [6.45, 7) is 0. The molecule has 0 saturated heterocycles. The molecule has 1 N–H and O–H groups in total. The zero-order valence-corrected chi connectivity index (χ0v) is 13.5. The summed E-state index contributed by atoms with van der Waals surface area (Å²) in [5.41, 5.74) is 1.76. The van der Waals surface area contributed by atoms with Crippen LogP contribution in [0.15, 0.2) is 40.2 Å². The van der Waals surface area contributed by atoms with Crippen LogP contribution in [0.3, 0.4) is 0 Å². The highest BCUT2D eigenvalue weighted by atomic mass is 32.2. The van der Waals surface area contributed by atoms with Gasteiger partial charge >= 0.3 is 5.97 Å². The Bertz CT molecular complexity index is 563. The number of methoxy groups -OCH3 is 1. The third-order valence-corrected chi connectivity index (χ3v) is 5.13. The van der Waals surface area contributed by atoms with E-state index in [2.05, 4.69) is 15.5 Å². The van der Waals surface area contributed by atoms with E-state index in [9.17, 15) is 4.79 Å². The normalized spacial score (nSPS) is 13.6. The molecule has 0 aliphatic rings. The number of benzene rings is 1. The highest BCUT2D eigenvalue weighted by Gasteiger charge is 2.39. The van der Waals surface area contributed by atoms with Gasteiger partial charge in [-0.25, -0.2) is 4.79 Å². The highest BCUT2D eigenvalue weighted by Crippen LogP contribution is 2.30. The van der Waals surface area contributed by atoms with Crippen molar-refractivity contribution in [1.29, 1.82) is 0 Å². The first-order chi connectivity index (χ1) is 10.2. The second-order valence-electron chi connectivity index (χ2n) is 4.32. The number of nitrogens with one attached hydrogen (secondary N) is 1. The van der Waals surface area contributed by atoms with E-state index in [1.807, 2.05) is 30.3 Å². The standard InChI is InChI=1S/C14H17N3O2S2/c1-15-14(12(18)19-2,11-6-4-3-5-7-11)8-9-20-13-17-16-10-21-13/h3-7,10,15H,8-9H2,1-2H3. The molecule has 112 valence electrons. The van der Waals surface area contributed by atoms with Crippen molar-refractivity contribution in [2.24, 2.45) is 0 Å². The lowest BCUT2D eigenvalue weighted by molar-refractivity contribution is -0.149. The molecule has 0 spiro atoms. The van der Waals surface area contributed by atoms with Gasteiger partial charge in [0, 0.05) is 5.75 Å². The minimum atomic E-state index is -0.840. The quantitative estimate of drug-likeness (QED) is 0.623. The molecule has 1 heterocycles. The fourth-order valence-electron chi connectivity index (χ4n) is 2.15. The van der Waals surface area contributed by atoms with E-state index in [1.54, 1.807) is 24.3 Å². The predicted octanol–water partition coefficient (Wildman–Crippen LogP) is 2.31. The highest BCUT2D eigenvalue weighted by molar-refractivity contribution is 8.00. The maximum absolute atomic E-state index is 12.3. The van der Waals surface area contributed by atoms with Crippen LogP contribution < -0.4 is 5.32 Å². The average molecular weight is 323 g/mol. The molecule has 1 unspecified atom stereocenters. The van der Waals surface area contributed by atoms with Crippen LogP contribution in [0, 0.1) is 0 Å². The maximum atomic E-state index is 12.3. The Labute approximate surface area is 132 Å². The van der Waals surface area contributed by atoms with E-state index in [0.717, 1.165) is 15.7 Å². The van der Waals surface area contributed by atoms with Crippen molar-refractivity contribution < 1.29 is 9.53 Å². The number of esters is 1. The molecule has 0 fully saturated rings. The van der Waals surface area contributed by atoms with Gasteiger partial charge in [0.05, 0.1) is 7.11 Å². The van der Waals surface area contributed by atoms with Gasteiger partial charge in [0.2, 0.25) is 0 Å². The monoisotopic (exact) mass is 323 g/mol. The zero-order chi connectivity index (χ0) is 15.1. The Morgan fingerprint density at radius 2 is 2.19 bits per heavy atom. The van der Waals surface area contributed by atoms with Gasteiger partial charge in [-0.1, -0.05) is 53.4 Å². The minimum absolute atomic E-state index is 0.283. The molecular weight excluding hydrogens is 306 g/mol. The van der Waals surface area contributed by atoms with E-state index in [0.29, 0.717) is 6.42 Å². The molecule has 0 radical (unpaired) electrons. The minimum Gasteiger partial charge on any atom is -0.467 e. The van der Waals surface area contributed by atoms with E-state index in [4.69, 9.17) is 4.74 Å². The van der Waals surface area contributed by atoms with E-state index in [-0.39, 0.29) is 5.97 Å². The molecule has 0 bridgehead atoms. The van der Waals surface area contributed by atoms with E-state index in [1.165, 1.54) is 18.4 Å². The van der Waals surface area contributed by atoms with Crippen molar-refractivity contribution in [3.63, 3.8) is 0 Å². The third kappa shape index (κ3) is 3.61. The number of nitrogens with zero attached hydrogens (tertiary/aromatic N) is 2. The van der Waals surface area contributed by atoms with E-state index < -0.39 is 5.54 Å². The zero-order valence-electron chi connectivity index (χ0n) is 11.9. The number of thioether (sulfide) groups is 1. The molecule has 0 aliphatic carbocycles.